The molecule has 180 valence electrons. The maximum absolute atomic E-state index is 5.93. The van der Waals surface area contributed by atoms with E-state index < -0.39 is 5.54 Å². The fourth-order valence-corrected chi connectivity index (χ4v) is 5.15. The van der Waals surface area contributed by atoms with Crippen molar-refractivity contribution in [2.24, 2.45) is 0 Å². The molecule has 1 aromatic heterocycles. The zero-order chi connectivity index (χ0) is 24.6. The summed E-state index contributed by atoms with van der Waals surface area (Å²) in [5.41, 5.74) is 5.36. The van der Waals surface area contributed by atoms with E-state index in [1.54, 1.807) is 0 Å². The number of benzene rings is 4. The van der Waals surface area contributed by atoms with Crippen LogP contribution in [0.15, 0.2) is 128 Å². The topological polar surface area (TPSA) is 27.1 Å². The predicted octanol–water partition coefficient (Wildman–Crippen LogP) is 7.48. The molecule has 0 aliphatic rings. The standard InChI is InChI=1S/C32H29IN2O/c33-30-20-18-26(19-21-30)24-36-22-10-17-31-23-35(25-34-31)32(27-11-4-1-5-12-27,28-13-6-2-7-14-28)29-15-8-3-9-16-29/h1-9,11-16,18-21,23,25H,10,17,22,24H2/i33-2. The lowest BCUT2D eigenvalue weighted by atomic mass is 9.77. The molecule has 0 spiro atoms. The number of imidazole rings is 1. The summed E-state index contributed by atoms with van der Waals surface area (Å²) in [6.07, 6.45) is 5.98. The number of halogens is 1. The van der Waals surface area contributed by atoms with Gasteiger partial charge in [-0.2, -0.15) is 0 Å². The number of nitrogens with zero attached hydrogens (tertiary/aromatic N) is 2. The highest BCUT2D eigenvalue weighted by molar-refractivity contribution is 14.1. The highest BCUT2D eigenvalue weighted by atomic mass is 125. The number of hydrogen-bond donors (Lipinski definition) is 0. The molecule has 4 heteroatoms. The molecule has 36 heavy (non-hydrogen) atoms. The van der Waals surface area contributed by atoms with E-state index in [1.165, 1.54) is 25.8 Å². The zero-order valence-corrected chi connectivity index (χ0v) is 22.3. The molecule has 0 saturated carbocycles. The van der Waals surface area contributed by atoms with E-state index in [4.69, 9.17) is 9.72 Å². The zero-order valence-electron chi connectivity index (χ0n) is 20.1. The summed E-state index contributed by atoms with van der Waals surface area (Å²) in [5.74, 6) is 0. The second kappa shape index (κ2) is 11.7. The Labute approximate surface area is 226 Å². The molecule has 0 atom stereocenters. The highest BCUT2D eigenvalue weighted by Crippen LogP contribution is 2.40. The van der Waals surface area contributed by atoms with Crippen LogP contribution < -0.4 is 0 Å². The van der Waals surface area contributed by atoms with Crippen LogP contribution in [0, 0.1) is 3.57 Å². The van der Waals surface area contributed by atoms with E-state index >= 15 is 0 Å². The molecule has 0 bridgehead atoms. The fraction of sp³-hybridized carbons (Fsp3) is 0.156. The lowest BCUT2D eigenvalue weighted by molar-refractivity contribution is 0.118. The lowest BCUT2D eigenvalue weighted by Gasteiger charge is -2.37. The third-order valence-corrected chi connectivity index (χ3v) is 7.22. The van der Waals surface area contributed by atoms with Crippen LogP contribution in [0.2, 0.25) is 0 Å². The summed E-state index contributed by atoms with van der Waals surface area (Å²) in [6.45, 7) is 1.35. The first-order valence-electron chi connectivity index (χ1n) is 12.3. The summed E-state index contributed by atoms with van der Waals surface area (Å²) in [6, 6.07) is 40.6. The maximum Gasteiger partial charge on any atom is 0.121 e. The van der Waals surface area contributed by atoms with Gasteiger partial charge in [0.25, 0.3) is 0 Å². The minimum Gasteiger partial charge on any atom is -0.377 e. The molecule has 0 amide bonds. The molecule has 0 fully saturated rings. The van der Waals surface area contributed by atoms with Gasteiger partial charge >= 0.3 is 0 Å². The first-order chi connectivity index (χ1) is 17.8. The molecule has 1 heterocycles. The van der Waals surface area contributed by atoms with Crippen LogP contribution in [0.1, 0.15) is 34.4 Å². The van der Waals surface area contributed by atoms with Gasteiger partial charge < -0.3 is 9.30 Å². The Morgan fingerprint density at radius 3 is 1.75 bits per heavy atom. The van der Waals surface area contributed by atoms with Crippen LogP contribution >= 0.6 is 22.6 Å². The average Bonchev–Trinajstić information content (AvgIpc) is 3.41. The summed E-state index contributed by atoms with van der Waals surface area (Å²) in [7, 11) is 0. The second-order valence-electron chi connectivity index (χ2n) is 8.86. The number of aromatic nitrogens is 2. The van der Waals surface area contributed by atoms with Gasteiger partial charge in [0, 0.05) is 16.4 Å². The van der Waals surface area contributed by atoms with Gasteiger partial charge in [-0.1, -0.05) is 103 Å². The SMILES string of the molecule is [125I]c1ccc(COCCCc2cn(C(c3ccccc3)(c3ccccc3)c3ccccc3)cn2)cc1. The van der Waals surface area contributed by atoms with Crippen molar-refractivity contribution in [3.63, 3.8) is 0 Å². The molecule has 0 aliphatic carbocycles. The van der Waals surface area contributed by atoms with Gasteiger partial charge in [-0.15, -0.1) is 0 Å². The average molecular weight is 583 g/mol. The van der Waals surface area contributed by atoms with Crippen LogP contribution in [-0.4, -0.2) is 16.2 Å². The molecule has 0 aliphatic heterocycles. The van der Waals surface area contributed by atoms with E-state index in [9.17, 15) is 0 Å². The van der Waals surface area contributed by atoms with E-state index in [2.05, 4.69) is 149 Å². The van der Waals surface area contributed by atoms with E-state index in [1.807, 2.05) is 6.33 Å². The molecule has 0 saturated heterocycles. The van der Waals surface area contributed by atoms with Crippen LogP contribution in [0.4, 0.5) is 0 Å². The molecule has 3 nitrogen and oxygen atoms in total. The first-order valence-corrected chi connectivity index (χ1v) is 13.4. The molecular weight excluding hydrogens is 553 g/mol. The van der Waals surface area contributed by atoms with Crippen LogP contribution in [-0.2, 0) is 23.3 Å². The lowest BCUT2D eigenvalue weighted by Crippen LogP contribution is -2.36. The summed E-state index contributed by atoms with van der Waals surface area (Å²) < 4.78 is 9.44. The quantitative estimate of drug-likeness (QED) is 0.0971. The van der Waals surface area contributed by atoms with Gasteiger partial charge in [0.2, 0.25) is 0 Å². The van der Waals surface area contributed by atoms with Crippen molar-refractivity contribution >= 4 is 22.6 Å². The molecule has 5 rings (SSSR count). The second-order valence-corrected chi connectivity index (χ2v) is 10.1. The highest BCUT2D eigenvalue weighted by Gasteiger charge is 2.38. The molecule has 0 radical (unpaired) electrons. The van der Waals surface area contributed by atoms with Gasteiger partial charge in [0.05, 0.1) is 18.6 Å². The number of hydrogen-bond acceptors (Lipinski definition) is 2. The third kappa shape index (κ3) is 5.30. The molecule has 0 N–H and O–H groups in total. The van der Waals surface area contributed by atoms with Gasteiger partial charge in [-0.3, -0.25) is 0 Å². The first kappa shape index (κ1) is 24.5. The van der Waals surface area contributed by atoms with Gasteiger partial charge in [0.1, 0.15) is 5.54 Å². The van der Waals surface area contributed by atoms with Crippen molar-refractivity contribution in [3.05, 3.63) is 159 Å². The van der Waals surface area contributed by atoms with Crippen LogP contribution in [0.3, 0.4) is 0 Å². The largest absolute Gasteiger partial charge is 0.377 e. The van der Waals surface area contributed by atoms with Gasteiger partial charge in [-0.05, 0) is 69.8 Å². The van der Waals surface area contributed by atoms with E-state index in [0.29, 0.717) is 13.2 Å². The Bertz CT molecular complexity index is 1250. The summed E-state index contributed by atoms with van der Waals surface area (Å²) >= 11 is 2.32. The monoisotopic (exact) mass is 582 g/mol. The van der Waals surface area contributed by atoms with E-state index in [-0.39, 0.29) is 0 Å². The summed E-state index contributed by atoms with van der Waals surface area (Å²) in [5, 5.41) is 0. The smallest absolute Gasteiger partial charge is 0.121 e. The van der Waals surface area contributed by atoms with E-state index in [0.717, 1.165) is 18.5 Å². The number of rotatable bonds is 10. The van der Waals surface area contributed by atoms with Crippen molar-refractivity contribution in [3.8, 4) is 0 Å². The third-order valence-electron chi connectivity index (χ3n) is 6.50. The van der Waals surface area contributed by atoms with Crippen molar-refractivity contribution < 1.29 is 4.74 Å². The van der Waals surface area contributed by atoms with Crippen molar-refractivity contribution in [1.82, 2.24) is 9.55 Å². The van der Waals surface area contributed by atoms with Crippen LogP contribution in [0.25, 0.3) is 0 Å². The Morgan fingerprint density at radius 1 is 0.694 bits per heavy atom. The number of aryl methyl sites for hydroxylation is 1. The predicted molar refractivity (Wildman–Crippen MR) is 154 cm³/mol. The van der Waals surface area contributed by atoms with Crippen LogP contribution in [0.5, 0.6) is 0 Å². The van der Waals surface area contributed by atoms with Crippen molar-refractivity contribution in [2.45, 2.75) is 25.0 Å². The molecule has 0 unspecified atom stereocenters. The molecular formula is C32H29IN2O. The minimum atomic E-state index is -0.518. The van der Waals surface area contributed by atoms with Crippen molar-refractivity contribution in [2.75, 3.05) is 6.61 Å². The Kier molecular flexibility index (Phi) is 7.94. The van der Waals surface area contributed by atoms with Crippen molar-refractivity contribution in [1.29, 1.82) is 0 Å². The van der Waals surface area contributed by atoms with Gasteiger partial charge in [0.15, 0.2) is 0 Å². The Balaban J connectivity index is 1.40. The fourth-order valence-electron chi connectivity index (χ4n) is 4.79. The maximum atomic E-state index is 5.93. The molecule has 4 aromatic carbocycles. The Hall–Kier alpha value is -3.22. The molecule has 5 aromatic rings. The minimum absolute atomic E-state index is 0.518. The van der Waals surface area contributed by atoms with Gasteiger partial charge in [-0.25, -0.2) is 4.98 Å². The summed E-state index contributed by atoms with van der Waals surface area (Å²) in [4.78, 5) is 4.83. The normalized spacial score (nSPS) is 11.5. The Morgan fingerprint density at radius 2 is 1.22 bits per heavy atom. The number of ether oxygens (including phenoxy) is 1.